The first-order valence-corrected chi connectivity index (χ1v) is 11.6. The summed E-state index contributed by atoms with van der Waals surface area (Å²) in [6.45, 7) is 8.40. The van der Waals surface area contributed by atoms with Gasteiger partial charge in [-0.15, -0.1) is 0 Å². The Balaban J connectivity index is 1.28. The Morgan fingerprint density at radius 3 is 2.46 bits per heavy atom. The molecule has 2 aromatic heterocycles. The fraction of sp³-hybridized carbons (Fsp3) is 0.400. The number of para-hydroxylation sites is 1. The first-order chi connectivity index (χ1) is 16.7. The van der Waals surface area contributed by atoms with Gasteiger partial charge in [0.1, 0.15) is 11.4 Å². The Hall–Kier alpha value is -3.95. The number of fused-ring (bicyclic) bond motifs is 1. The predicted octanol–water partition coefficient (Wildman–Crippen LogP) is 2.88. The molecule has 0 spiro atoms. The number of benzene rings is 1. The van der Waals surface area contributed by atoms with E-state index in [9.17, 15) is 14.4 Å². The number of ether oxygens (including phenoxy) is 1. The first kappa shape index (κ1) is 24.2. The maximum absolute atomic E-state index is 12.5. The number of hydrogen-bond donors (Lipinski definition) is 1. The van der Waals surface area contributed by atoms with E-state index < -0.39 is 5.60 Å². The number of hydrogen-bond acceptors (Lipinski definition) is 7. The van der Waals surface area contributed by atoms with Crippen molar-refractivity contribution in [2.45, 2.75) is 39.3 Å². The van der Waals surface area contributed by atoms with Gasteiger partial charge in [-0.25, -0.2) is 9.78 Å². The largest absolute Gasteiger partial charge is 0.444 e. The Morgan fingerprint density at radius 2 is 1.77 bits per heavy atom. The molecule has 3 aromatic rings. The number of amides is 2. The number of rotatable bonds is 5. The highest BCUT2D eigenvalue weighted by molar-refractivity contribution is 5.90. The molecule has 1 aromatic carbocycles. The predicted molar refractivity (Wildman–Crippen MR) is 134 cm³/mol. The quantitative estimate of drug-likeness (QED) is 0.600. The van der Waals surface area contributed by atoms with Crippen molar-refractivity contribution in [3.63, 3.8) is 0 Å². The van der Waals surface area contributed by atoms with Crippen molar-refractivity contribution in [2.24, 2.45) is 0 Å². The number of nitrogens with one attached hydrogen (secondary N) is 1. The van der Waals surface area contributed by atoms with Crippen LogP contribution in [0.15, 0.2) is 53.6 Å². The van der Waals surface area contributed by atoms with Gasteiger partial charge in [0.2, 0.25) is 11.3 Å². The zero-order valence-corrected chi connectivity index (χ0v) is 20.2. The monoisotopic (exact) mass is 478 g/mol. The fourth-order valence-electron chi connectivity index (χ4n) is 3.87. The van der Waals surface area contributed by atoms with E-state index in [1.165, 1.54) is 6.20 Å². The van der Waals surface area contributed by atoms with Gasteiger partial charge in [0.15, 0.2) is 0 Å². The Morgan fingerprint density at radius 1 is 1.03 bits per heavy atom. The molecule has 10 heteroatoms. The second-order valence-corrected chi connectivity index (χ2v) is 9.40. The molecule has 1 aliphatic heterocycles. The summed E-state index contributed by atoms with van der Waals surface area (Å²) in [6, 6.07) is 10.9. The van der Waals surface area contributed by atoms with E-state index in [2.05, 4.69) is 20.3 Å². The lowest BCUT2D eigenvalue weighted by Crippen LogP contribution is -2.50. The third-order valence-corrected chi connectivity index (χ3v) is 5.62. The smallest absolute Gasteiger partial charge is 0.410 e. The third-order valence-electron chi connectivity index (χ3n) is 5.62. The van der Waals surface area contributed by atoms with E-state index in [4.69, 9.17) is 4.74 Å². The number of aromatic nitrogens is 3. The van der Waals surface area contributed by atoms with E-state index in [1.54, 1.807) is 34.0 Å². The zero-order valence-electron chi connectivity index (χ0n) is 20.2. The van der Waals surface area contributed by atoms with Crippen LogP contribution < -0.4 is 15.6 Å². The van der Waals surface area contributed by atoms with Crippen LogP contribution in [0.5, 0.6) is 0 Å². The van der Waals surface area contributed by atoms with Crippen LogP contribution >= 0.6 is 0 Å². The normalized spacial score (nSPS) is 14.1. The molecule has 0 atom stereocenters. The third kappa shape index (κ3) is 6.14. The maximum Gasteiger partial charge on any atom is 0.410 e. The molecule has 1 saturated heterocycles. The van der Waals surface area contributed by atoms with Crippen molar-refractivity contribution in [1.82, 2.24) is 19.7 Å². The van der Waals surface area contributed by atoms with Crippen LogP contribution in [0.3, 0.4) is 0 Å². The molecule has 0 bridgehead atoms. The molecule has 0 saturated carbocycles. The van der Waals surface area contributed by atoms with Gasteiger partial charge in [0, 0.05) is 38.0 Å². The van der Waals surface area contributed by atoms with E-state index >= 15 is 0 Å². The van der Waals surface area contributed by atoms with E-state index in [0.717, 1.165) is 5.69 Å². The van der Waals surface area contributed by atoms with E-state index in [1.807, 2.05) is 39.0 Å². The Bertz CT molecular complexity index is 1260. The molecule has 1 N–H and O–H groups in total. The summed E-state index contributed by atoms with van der Waals surface area (Å²) in [5.74, 6) is 0.268. The number of pyridine rings is 1. The summed E-state index contributed by atoms with van der Waals surface area (Å²) in [4.78, 5) is 44.9. The number of anilines is 2. The number of carbonyl (C=O) groups excluding carboxylic acids is 2. The van der Waals surface area contributed by atoms with Gasteiger partial charge in [-0.3, -0.25) is 14.3 Å². The first-order valence-electron chi connectivity index (χ1n) is 11.6. The van der Waals surface area contributed by atoms with Gasteiger partial charge >= 0.3 is 6.09 Å². The molecule has 1 fully saturated rings. The van der Waals surface area contributed by atoms with Crippen molar-refractivity contribution >= 4 is 34.4 Å². The molecule has 1 aliphatic rings. The average molecular weight is 479 g/mol. The average Bonchev–Trinajstić information content (AvgIpc) is 2.83. The molecular weight excluding hydrogens is 448 g/mol. The summed E-state index contributed by atoms with van der Waals surface area (Å²) in [5.41, 5.74) is 0.970. The number of piperazine rings is 1. The maximum atomic E-state index is 12.5. The summed E-state index contributed by atoms with van der Waals surface area (Å²) < 4.78 is 7.10. The highest BCUT2D eigenvalue weighted by atomic mass is 16.6. The van der Waals surface area contributed by atoms with Crippen molar-refractivity contribution < 1.29 is 14.3 Å². The highest BCUT2D eigenvalue weighted by Crippen LogP contribution is 2.19. The molecular formula is C25H30N6O4. The number of aryl methyl sites for hydroxylation is 1. The van der Waals surface area contributed by atoms with Crippen LogP contribution in [0.4, 0.5) is 16.3 Å². The highest BCUT2D eigenvalue weighted by Gasteiger charge is 2.26. The second-order valence-electron chi connectivity index (χ2n) is 9.40. The standard InChI is InChI=1S/C25H30N6O4/c1-25(2,3)35-24(34)30-14-12-29(13-15-30)18-8-9-22(26-16-18)28-23(33)10-11-31-20-7-5-4-6-19(20)21(32)17-27-31/h4-9,16-17H,10-15H2,1-3H3,(H,26,28,33). The van der Waals surface area contributed by atoms with Gasteiger partial charge < -0.3 is 19.9 Å². The minimum Gasteiger partial charge on any atom is -0.444 e. The summed E-state index contributed by atoms with van der Waals surface area (Å²) >= 11 is 0. The topological polar surface area (TPSA) is 110 Å². The minimum absolute atomic E-state index is 0.142. The minimum atomic E-state index is -0.511. The lowest BCUT2D eigenvalue weighted by atomic mass is 10.2. The van der Waals surface area contributed by atoms with E-state index in [0.29, 0.717) is 49.4 Å². The molecule has 0 unspecified atom stereocenters. The molecule has 0 radical (unpaired) electrons. The SMILES string of the molecule is CC(C)(C)OC(=O)N1CCN(c2ccc(NC(=O)CCn3ncc(=O)c4ccccc43)nc2)CC1. The molecule has 3 heterocycles. The number of nitrogens with zero attached hydrogens (tertiary/aromatic N) is 5. The van der Waals surface area contributed by atoms with Gasteiger partial charge in [0.05, 0.1) is 30.1 Å². The second kappa shape index (κ2) is 10.1. The van der Waals surface area contributed by atoms with E-state index in [-0.39, 0.29) is 23.9 Å². The molecule has 2 amide bonds. The Labute approximate surface area is 203 Å². The zero-order chi connectivity index (χ0) is 25.0. The lowest BCUT2D eigenvalue weighted by Gasteiger charge is -2.36. The van der Waals surface area contributed by atoms with Gasteiger partial charge in [-0.1, -0.05) is 12.1 Å². The van der Waals surface area contributed by atoms with Crippen LogP contribution in [-0.2, 0) is 16.1 Å². The summed E-state index contributed by atoms with van der Waals surface area (Å²) in [6.07, 6.45) is 2.89. The van der Waals surface area contributed by atoms with Gasteiger partial charge in [-0.05, 0) is 45.0 Å². The lowest BCUT2D eigenvalue weighted by molar-refractivity contribution is -0.116. The summed E-state index contributed by atoms with van der Waals surface area (Å²) in [5, 5.41) is 7.53. The van der Waals surface area contributed by atoms with Crippen LogP contribution in [-0.4, -0.2) is 63.4 Å². The van der Waals surface area contributed by atoms with Crippen molar-refractivity contribution in [3.8, 4) is 0 Å². The van der Waals surface area contributed by atoms with Gasteiger partial charge in [-0.2, -0.15) is 5.10 Å². The molecule has 184 valence electrons. The molecule has 0 aliphatic carbocycles. The van der Waals surface area contributed by atoms with Crippen molar-refractivity contribution in [1.29, 1.82) is 0 Å². The van der Waals surface area contributed by atoms with Crippen LogP contribution in [0.2, 0.25) is 0 Å². The Kier molecular flexibility index (Phi) is 6.99. The summed E-state index contributed by atoms with van der Waals surface area (Å²) in [7, 11) is 0. The van der Waals surface area contributed by atoms with Gasteiger partial charge in [0.25, 0.3) is 0 Å². The van der Waals surface area contributed by atoms with Crippen LogP contribution in [0, 0.1) is 0 Å². The van der Waals surface area contributed by atoms with Crippen molar-refractivity contribution in [2.75, 3.05) is 36.4 Å². The van der Waals surface area contributed by atoms with Crippen LogP contribution in [0.1, 0.15) is 27.2 Å². The molecule has 10 nitrogen and oxygen atoms in total. The number of carbonyl (C=O) groups is 2. The molecule has 4 rings (SSSR count). The van der Waals surface area contributed by atoms with Crippen LogP contribution in [0.25, 0.3) is 10.9 Å². The molecule has 35 heavy (non-hydrogen) atoms. The fourth-order valence-corrected chi connectivity index (χ4v) is 3.87. The van der Waals surface area contributed by atoms with Crippen molar-refractivity contribution in [3.05, 3.63) is 59.0 Å².